The van der Waals surface area contributed by atoms with E-state index in [1.54, 1.807) is 13.8 Å². The number of rotatable bonds is 5. The Morgan fingerprint density at radius 3 is 2.38 bits per heavy atom. The SMILES string of the molecule is CCCC(=O)C(=NO)C(=O)OCC. The lowest BCUT2D eigenvalue weighted by molar-refractivity contribution is -0.136. The van der Waals surface area contributed by atoms with E-state index in [4.69, 9.17) is 5.21 Å². The molecule has 0 rings (SSSR count). The van der Waals surface area contributed by atoms with Crippen LogP contribution in [0, 0.1) is 0 Å². The number of esters is 1. The third-order valence-corrected chi connectivity index (χ3v) is 1.31. The van der Waals surface area contributed by atoms with Crippen molar-refractivity contribution in [2.24, 2.45) is 5.16 Å². The molecular weight excluding hydrogens is 174 g/mol. The highest BCUT2D eigenvalue weighted by Gasteiger charge is 2.21. The van der Waals surface area contributed by atoms with E-state index < -0.39 is 17.5 Å². The monoisotopic (exact) mass is 187 g/mol. The molecule has 0 saturated heterocycles. The van der Waals surface area contributed by atoms with Crippen LogP contribution < -0.4 is 0 Å². The van der Waals surface area contributed by atoms with Gasteiger partial charge in [-0.05, 0) is 13.3 Å². The van der Waals surface area contributed by atoms with Gasteiger partial charge < -0.3 is 9.94 Å². The Morgan fingerprint density at radius 2 is 2.00 bits per heavy atom. The first-order valence-electron chi connectivity index (χ1n) is 4.09. The summed E-state index contributed by atoms with van der Waals surface area (Å²) in [5.74, 6) is -1.37. The van der Waals surface area contributed by atoms with Crippen LogP contribution in [0.2, 0.25) is 0 Å². The first-order chi connectivity index (χ1) is 6.17. The van der Waals surface area contributed by atoms with Gasteiger partial charge in [0.2, 0.25) is 5.71 Å². The molecule has 0 spiro atoms. The Kier molecular flexibility index (Phi) is 5.50. The molecule has 1 N–H and O–H groups in total. The highest BCUT2D eigenvalue weighted by molar-refractivity contribution is 6.64. The molecule has 0 unspecified atom stereocenters. The van der Waals surface area contributed by atoms with Crippen LogP contribution in [0.5, 0.6) is 0 Å². The molecule has 0 saturated carbocycles. The second-order valence-electron chi connectivity index (χ2n) is 2.34. The van der Waals surface area contributed by atoms with Crippen LogP contribution >= 0.6 is 0 Å². The van der Waals surface area contributed by atoms with Crippen molar-refractivity contribution >= 4 is 17.5 Å². The molecule has 0 aromatic rings. The first kappa shape index (κ1) is 11.6. The normalized spacial score (nSPS) is 11.1. The average Bonchev–Trinajstić information content (AvgIpc) is 2.06. The van der Waals surface area contributed by atoms with Gasteiger partial charge >= 0.3 is 5.97 Å². The topological polar surface area (TPSA) is 76.0 Å². The average molecular weight is 187 g/mol. The number of ether oxygens (including phenoxy) is 1. The Bertz CT molecular complexity index is 202. The number of carbonyl (C=O) groups excluding carboxylic acids is 2. The molecule has 0 aromatic heterocycles. The number of hydrogen-bond acceptors (Lipinski definition) is 5. The molecule has 0 aliphatic rings. The summed E-state index contributed by atoms with van der Waals surface area (Å²) >= 11 is 0. The van der Waals surface area contributed by atoms with Crippen LogP contribution in [-0.4, -0.2) is 29.3 Å². The minimum atomic E-state index is -0.872. The van der Waals surface area contributed by atoms with Crippen molar-refractivity contribution in [3.63, 3.8) is 0 Å². The van der Waals surface area contributed by atoms with Gasteiger partial charge in [-0.15, -0.1) is 0 Å². The second kappa shape index (κ2) is 6.16. The molecule has 0 heterocycles. The van der Waals surface area contributed by atoms with Gasteiger partial charge in [-0.1, -0.05) is 12.1 Å². The fourth-order valence-corrected chi connectivity index (χ4v) is 0.755. The smallest absolute Gasteiger partial charge is 0.364 e. The summed E-state index contributed by atoms with van der Waals surface area (Å²) in [6.45, 7) is 3.55. The molecule has 5 nitrogen and oxygen atoms in total. The predicted octanol–water partition coefficient (Wildman–Crippen LogP) is 0.749. The van der Waals surface area contributed by atoms with Crippen molar-refractivity contribution in [3.8, 4) is 0 Å². The van der Waals surface area contributed by atoms with Gasteiger partial charge in [0.05, 0.1) is 6.61 Å². The van der Waals surface area contributed by atoms with Crippen molar-refractivity contribution in [2.75, 3.05) is 6.61 Å². The summed E-state index contributed by atoms with van der Waals surface area (Å²) in [7, 11) is 0. The van der Waals surface area contributed by atoms with Gasteiger partial charge in [-0.3, -0.25) is 4.79 Å². The van der Waals surface area contributed by atoms with E-state index in [-0.39, 0.29) is 13.0 Å². The van der Waals surface area contributed by atoms with E-state index in [0.29, 0.717) is 6.42 Å². The summed E-state index contributed by atoms with van der Waals surface area (Å²) in [4.78, 5) is 22.1. The molecule has 0 atom stereocenters. The zero-order valence-electron chi connectivity index (χ0n) is 7.74. The van der Waals surface area contributed by atoms with Gasteiger partial charge in [0.15, 0.2) is 5.78 Å². The maximum absolute atomic E-state index is 11.1. The lowest BCUT2D eigenvalue weighted by Gasteiger charge is -2.01. The number of ketones is 1. The Labute approximate surface area is 76.4 Å². The van der Waals surface area contributed by atoms with E-state index >= 15 is 0 Å². The largest absolute Gasteiger partial charge is 0.461 e. The molecule has 0 bridgehead atoms. The van der Waals surface area contributed by atoms with Crippen molar-refractivity contribution in [2.45, 2.75) is 26.7 Å². The van der Waals surface area contributed by atoms with Crippen LogP contribution in [-0.2, 0) is 14.3 Å². The maximum atomic E-state index is 11.1. The Morgan fingerprint density at radius 1 is 1.38 bits per heavy atom. The molecule has 0 fully saturated rings. The second-order valence-corrected chi connectivity index (χ2v) is 2.34. The third-order valence-electron chi connectivity index (χ3n) is 1.31. The molecule has 13 heavy (non-hydrogen) atoms. The molecule has 0 aliphatic carbocycles. The number of oxime groups is 1. The number of nitrogens with zero attached hydrogens (tertiary/aromatic N) is 1. The lowest BCUT2D eigenvalue weighted by Crippen LogP contribution is -2.26. The van der Waals surface area contributed by atoms with Gasteiger partial charge in [0, 0.05) is 6.42 Å². The standard InChI is InChI=1S/C8H13NO4/c1-3-5-6(10)7(9-12)8(11)13-4-2/h12H,3-5H2,1-2H3. The summed E-state index contributed by atoms with van der Waals surface area (Å²) in [6, 6.07) is 0. The van der Waals surface area contributed by atoms with E-state index in [2.05, 4.69) is 9.89 Å². The Hall–Kier alpha value is -1.39. The van der Waals surface area contributed by atoms with Gasteiger partial charge in [0.1, 0.15) is 0 Å². The molecule has 74 valence electrons. The zero-order chi connectivity index (χ0) is 10.3. The summed E-state index contributed by atoms with van der Waals surface area (Å²) in [6.07, 6.45) is 0.773. The minimum Gasteiger partial charge on any atom is -0.461 e. The van der Waals surface area contributed by atoms with Gasteiger partial charge in [-0.2, -0.15) is 0 Å². The van der Waals surface area contributed by atoms with Crippen molar-refractivity contribution < 1.29 is 19.5 Å². The van der Waals surface area contributed by atoms with Gasteiger partial charge in [0.25, 0.3) is 0 Å². The molecule has 0 amide bonds. The summed E-state index contributed by atoms with van der Waals surface area (Å²) in [5, 5.41) is 11.0. The third kappa shape index (κ3) is 3.68. The molecular formula is C8H13NO4. The zero-order valence-corrected chi connectivity index (χ0v) is 7.74. The van der Waals surface area contributed by atoms with E-state index in [1.165, 1.54) is 0 Å². The number of carbonyl (C=O) groups is 2. The molecule has 0 radical (unpaired) electrons. The van der Waals surface area contributed by atoms with Crippen molar-refractivity contribution in [3.05, 3.63) is 0 Å². The highest BCUT2D eigenvalue weighted by atomic mass is 16.5. The summed E-state index contributed by atoms with van der Waals surface area (Å²) < 4.78 is 4.51. The fourth-order valence-electron chi connectivity index (χ4n) is 0.755. The molecule has 5 heteroatoms. The first-order valence-corrected chi connectivity index (χ1v) is 4.09. The van der Waals surface area contributed by atoms with E-state index in [0.717, 1.165) is 0 Å². The Balaban J connectivity index is 4.35. The quantitative estimate of drug-likeness (QED) is 0.226. The fraction of sp³-hybridized carbons (Fsp3) is 0.625. The molecule has 0 aromatic carbocycles. The summed E-state index contributed by atoms with van der Waals surface area (Å²) in [5.41, 5.74) is -0.524. The van der Waals surface area contributed by atoms with Crippen LogP contribution in [0.15, 0.2) is 5.16 Å². The minimum absolute atomic E-state index is 0.150. The van der Waals surface area contributed by atoms with Crippen molar-refractivity contribution in [1.29, 1.82) is 0 Å². The number of Topliss-reactive ketones (excluding diaryl/α,β-unsaturated/α-hetero) is 1. The van der Waals surface area contributed by atoms with E-state index in [1.807, 2.05) is 0 Å². The lowest BCUT2D eigenvalue weighted by atomic mass is 10.1. The van der Waals surface area contributed by atoms with Crippen LogP contribution in [0.25, 0.3) is 0 Å². The van der Waals surface area contributed by atoms with Crippen LogP contribution in [0.4, 0.5) is 0 Å². The number of hydrogen-bond donors (Lipinski definition) is 1. The highest BCUT2D eigenvalue weighted by Crippen LogP contribution is 1.95. The van der Waals surface area contributed by atoms with Gasteiger partial charge in [-0.25, -0.2) is 4.79 Å². The van der Waals surface area contributed by atoms with Crippen molar-refractivity contribution in [1.82, 2.24) is 0 Å². The van der Waals surface area contributed by atoms with Crippen LogP contribution in [0.3, 0.4) is 0 Å². The van der Waals surface area contributed by atoms with Crippen LogP contribution in [0.1, 0.15) is 26.7 Å². The molecule has 0 aliphatic heterocycles. The van der Waals surface area contributed by atoms with E-state index in [9.17, 15) is 9.59 Å². The maximum Gasteiger partial charge on any atom is 0.364 e. The predicted molar refractivity (Wildman–Crippen MR) is 45.8 cm³/mol.